The van der Waals surface area contributed by atoms with Gasteiger partial charge in [0, 0.05) is 18.5 Å². The minimum atomic E-state index is 0.0847. The maximum Gasteiger partial charge on any atom is 0.225 e. The molecule has 1 aliphatic heterocycles. The summed E-state index contributed by atoms with van der Waals surface area (Å²) < 4.78 is 5.84. The summed E-state index contributed by atoms with van der Waals surface area (Å²) in [5.41, 5.74) is 1.34. The first-order valence-corrected chi connectivity index (χ1v) is 7.96. The van der Waals surface area contributed by atoms with Crippen molar-refractivity contribution in [3.05, 3.63) is 23.2 Å². The molecule has 1 aliphatic carbocycles. The first kappa shape index (κ1) is 14.6. The Morgan fingerprint density at radius 1 is 1.43 bits per heavy atom. The zero-order chi connectivity index (χ0) is 15.2. The van der Waals surface area contributed by atoms with Crippen LogP contribution in [0.1, 0.15) is 50.3 Å². The topological polar surface area (TPSA) is 54.3 Å². The quantitative estimate of drug-likeness (QED) is 0.880. The molecule has 116 valence electrons. The number of nitrogens with one attached hydrogen (secondary N) is 2. The molecule has 1 aromatic rings. The molecule has 3 rings (SSSR count). The molecule has 1 aromatic heterocycles. The van der Waals surface area contributed by atoms with Crippen LogP contribution in [0, 0.1) is 24.2 Å². The summed E-state index contributed by atoms with van der Waals surface area (Å²) in [5, 5.41) is 6.58. The number of hydrogen-bond donors (Lipinski definition) is 2. The molecule has 3 atom stereocenters. The molecule has 2 N–H and O–H groups in total. The number of hydrogen-bond acceptors (Lipinski definition) is 3. The Morgan fingerprint density at radius 2 is 2.19 bits per heavy atom. The summed E-state index contributed by atoms with van der Waals surface area (Å²) in [6, 6.07) is 2.17. The van der Waals surface area contributed by atoms with Gasteiger partial charge in [-0.05, 0) is 37.3 Å². The van der Waals surface area contributed by atoms with E-state index >= 15 is 0 Å². The van der Waals surface area contributed by atoms with Crippen molar-refractivity contribution in [2.75, 3.05) is 13.1 Å². The van der Waals surface area contributed by atoms with E-state index in [4.69, 9.17) is 4.42 Å². The molecule has 1 saturated heterocycles. The molecule has 0 radical (unpaired) electrons. The van der Waals surface area contributed by atoms with Gasteiger partial charge in [0.05, 0.1) is 12.0 Å². The highest BCUT2D eigenvalue weighted by molar-refractivity contribution is 5.80. The van der Waals surface area contributed by atoms with Gasteiger partial charge in [-0.3, -0.25) is 4.79 Å². The fraction of sp³-hybridized carbons (Fsp3) is 0.706. The van der Waals surface area contributed by atoms with Crippen LogP contribution in [0.3, 0.4) is 0 Å². The minimum Gasteiger partial charge on any atom is -0.466 e. The van der Waals surface area contributed by atoms with Crippen molar-refractivity contribution in [1.29, 1.82) is 0 Å². The summed E-state index contributed by atoms with van der Waals surface area (Å²) in [6.45, 7) is 10.3. The maximum atomic E-state index is 12.6. The van der Waals surface area contributed by atoms with E-state index in [1.165, 1.54) is 5.56 Å². The summed E-state index contributed by atoms with van der Waals surface area (Å²) in [7, 11) is 0. The Kier molecular flexibility index (Phi) is 3.60. The van der Waals surface area contributed by atoms with E-state index in [1.54, 1.807) is 0 Å². The lowest BCUT2D eigenvalue weighted by Gasteiger charge is -2.35. The average molecular weight is 290 g/mol. The van der Waals surface area contributed by atoms with Crippen LogP contribution < -0.4 is 10.6 Å². The highest BCUT2D eigenvalue weighted by Gasteiger charge is 2.37. The Balaban J connectivity index is 1.79. The third kappa shape index (κ3) is 2.86. The van der Waals surface area contributed by atoms with Crippen LogP contribution in [0.5, 0.6) is 0 Å². The van der Waals surface area contributed by atoms with Gasteiger partial charge in [0.1, 0.15) is 11.5 Å². The van der Waals surface area contributed by atoms with Crippen molar-refractivity contribution in [2.45, 2.75) is 46.6 Å². The van der Waals surface area contributed by atoms with Gasteiger partial charge in [-0.1, -0.05) is 20.8 Å². The van der Waals surface area contributed by atoms with Crippen LogP contribution in [0.25, 0.3) is 0 Å². The molecule has 0 bridgehead atoms. The van der Waals surface area contributed by atoms with Crippen LogP contribution in [-0.2, 0) is 11.2 Å². The van der Waals surface area contributed by atoms with Gasteiger partial charge in [-0.25, -0.2) is 0 Å². The predicted molar refractivity (Wildman–Crippen MR) is 82.0 cm³/mol. The lowest BCUT2D eigenvalue weighted by Crippen LogP contribution is -2.40. The molecule has 2 aliphatic rings. The van der Waals surface area contributed by atoms with Crippen molar-refractivity contribution in [1.82, 2.24) is 10.6 Å². The SMILES string of the molecule is Cc1cc2c(o1)CC(C)(C)CC2NC(=O)[C@@H]1CNC[C@H]1C. The summed E-state index contributed by atoms with van der Waals surface area (Å²) in [4.78, 5) is 12.6. The van der Waals surface area contributed by atoms with Gasteiger partial charge < -0.3 is 15.1 Å². The number of fused-ring (bicyclic) bond motifs is 1. The number of amides is 1. The number of rotatable bonds is 2. The Labute approximate surface area is 126 Å². The second kappa shape index (κ2) is 5.16. The van der Waals surface area contributed by atoms with Crippen LogP contribution in [-0.4, -0.2) is 19.0 Å². The normalized spacial score (nSPS) is 31.0. The van der Waals surface area contributed by atoms with Gasteiger partial charge >= 0.3 is 0 Å². The zero-order valence-electron chi connectivity index (χ0n) is 13.5. The molecule has 1 unspecified atom stereocenters. The number of carbonyl (C=O) groups is 1. The fourth-order valence-electron chi connectivity index (χ4n) is 3.75. The van der Waals surface area contributed by atoms with E-state index in [-0.39, 0.29) is 23.3 Å². The lowest BCUT2D eigenvalue weighted by atomic mass is 9.74. The number of carbonyl (C=O) groups excluding carboxylic acids is 1. The molecule has 1 fully saturated rings. The van der Waals surface area contributed by atoms with Crippen LogP contribution in [0.2, 0.25) is 0 Å². The fourth-order valence-corrected chi connectivity index (χ4v) is 3.75. The molecule has 1 amide bonds. The highest BCUT2D eigenvalue weighted by Crippen LogP contribution is 2.42. The van der Waals surface area contributed by atoms with Crippen molar-refractivity contribution in [3.8, 4) is 0 Å². The summed E-state index contributed by atoms with van der Waals surface area (Å²) in [6.07, 6.45) is 1.92. The monoisotopic (exact) mass is 290 g/mol. The Hall–Kier alpha value is -1.29. The van der Waals surface area contributed by atoms with Gasteiger partial charge in [-0.2, -0.15) is 0 Å². The molecule has 4 nitrogen and oxygen atoms in total. The van der Waals surface area contributed by atoms with E-state index in [0.29, 0.717) is 5.92 Å². The third-order valence-corrected chi connectivity index (χ3v) is 4.91. The second-order valence-corrected chi connectivity index (χ2v) is 7.58. The van der Waals surface area contributed by atoms with Gasteiger partial charge in [0.15, 0.2) is 0 Å². The molecule has 0 saturated carbocycles. The van der Waals surface area contributed by atoms with E-state index in [2.05, 4.69) is 37.5 Å². The van der Waals surface area contributed by atoms with E-state index in [0.717, 1.165) is 37.5 Å². The van der Waals surface area contributed by atoms with Crippen molar-refractivity contribution in [2.24, 2.45) is 17.3 Å². The smallest absolute Gasteiger partial charge is 0.225 e. The third-order valence-electron chi connectivity index (χ3n) is 4.91. The summed E-state index contributed by atoms with van der Waals surface area (Å²) in [5.74, 6) is 2.66. The van der Waals surface area contributed by atoms with Crippen LogP contribution in [0.4, 0.5) is 0 Å². The molecule has 21 heavy (non-hydrogen) atoms. The van der Waals surface area contributed by atoms with Crippen LogP contribution >= 0.6 is 0 Å². The maximum absolute atomic E-state index is 12.6. The molecule has 0 aromatic carbocycles. The van der Waals surface area contributed by atoms with Gasteiger partial charge in [0.2, 0.25) is 5.91 Å². The predicted octanol–water partition coefficient (Wildman–Crippen LogP) is 2.57. The molecule has 4 heteroatoms. The lowest BCUT2D eigenvalue weighted by molar-refractivity contribution is -0.126. The standard InChI is InChI=1S/C17H26N2O2/c1-10-8-18-9-13(10)16(20)19-14-6-17(3,4)7-15-12(14)5-11(2)21-15/h5,10,13-14,18H,6-9H2,1-4H3,(H,19,20)/t10-,13-,14?/m1/s1. The summed E-state index contributed by atoms with van der Waals surface area (Å²) >= 11 is 0. The molecule has 2 heterocycles. The number of aryl methyl sites for hydroxylation is 1. The second-order valence-electron chi connectivity index (χ2n) is 7.58. The van der Waals surface area contributed by atoms with Crippen molar-refractivity contribution < 1.29 is 9.21 Å². The first-order valence-electron chi connectivity index (χ1n) is 7.96. The Morgan fingerprint density at radius 3 is 2.86 bits per heavy atom. The first-order chi connectivity index (χ1) is 9.85. The zero-order valence-corrected chi connectivity index (χ0v) is 13.5. The highest BCUT2D eigenvalue weighted by atomic mass is 16.3. The van der Waals surface area contributed by atoms with E-state index in [1.807, 2.05) is 6.92 Å². The molecular formula is C17H26N2O2. The Bertz CT molecular complexity index is 547. The van der Waals surface area contributed by atoms with Gasteiger partial charge in [0.25, 0.3) is 0 Å². The molecular weight excluding hydrogens is 264 g/mol. The minimum absolute atomic E-state index is 0.0847. The largest absolute Gasteiger partial charge is 0.466 e. The van der Waals surface area contributed by atoms with E-state index < -0.39 is 0 Å². The van der Waals surface area contributed by atoms with E-state index in [9.17, 15) is 4.79 Å². The average Bonchev–Trinajstić information content (AvgIpc) is 2.93. The van der Waals surface area contributed by atoms with Crippen molar-refractivity contribution in [3.63, 3.8) is 0 Å². The van der Waals surface area contributed by atoms with Crippen LogP contribution in [0.15, 0.2) is 10.5 Å². The number of furan rings is 1. The molecule has 0 spiro atoms. The van der Waals surface area contributed by atoms with Crippen molar-refractivity contribution >= 4 is 5.91 Å². The van der Waals surface area contributed by atoms with Gasteiger partial charge in [-0.15, -0.1) is 0 Å².